The molecule has 0 spiro atoms. The molecule has 0 amide bonds. The van der Waals surface area contributed by atoms with Crippen LogP contribution in [0.15, 0.2) is 0 Å². The highest BCUT2D eigenvalue weighted by Crippen LogP contribution is 2.34. The second kappa shape index (κ2) is 9.04. The summed E-state index contributed by atoms with van der Waals surface area (Å²) in [6, 6.07) is 0. The molecule has 0 aromatic carbocycles. The van der Waals surface area contributed by atoms with Crippen LogP contribution in [0.1, 0.15) is 66.7 Å². The van der Waals surface area contributed by atoms with Gasteiger partial charge in [0.1, 0.15) is 0 Å². The number of hydrogen-bond donors (Lipinski definition) is 1. The third-order valence-corrected chi connectivity index (χ3v) is 4.69. The van der Waals surface area contributed by atoms with E-state index < -0.39 is 0 Å². The number of nitrogens with one attached hydrogen (secondary N) is 1. The summed E-state index contributed by atoms with van der Waals surface area (Å²) in [7, 11) is 0. The van der Waals surface area contributed by atoms with Gasteiger partial charge in [-0.15, -0.1) is 0 Å². The van der Waals surface area contributed by atoms with E-state index in [9.17, 15) is 0 Å². The van der Waals surface area contributed by atoms with Crippen LogP contribution in [0, 0.1) is 17.3 Å². The first-order valence-electron chi connectivity index (χ1n) is 8.82. The van der Waals surface area contributed by atoms with Crippen LogP contribution in [0.4, 0.5) is 0 Å². The molecule has 1 heterocycles. The molecular weight excluding hydrogens is 244 g/mol. The minimum atomic E-state index is 0.508. The summed E-state index contributed by atoms with van der Waals surface area (Å²) < 4.78 is 0. The second-order valence-corrected chi connectivity index (χ2v) is 8.14. The van der Waals surface area contributed by atoms with Gasteiger partial charge < -0.3 is 10.2 Å². The predicted molar refractivity (Wildman–Crippen MR) is 90.2 cm³/mol. The third-order valence-electron chi connectivity index (χ3n) is 4.69. The van der Waals surface area contributed by atoms with Gasteiger partial charge in [-0.05, 0) is 75.7 Å². The molecule has 120 valence electrons. The molecule has 0 aliphatic carbocycles. The third kappa shape index (κ3) is 7.64. The van der Waals surface area contributed by atoms with Gasteiger partial charge in [-0.3, -0.25) is 0 Å². The lowest BCUT2D eigenvalue weighted by Gasteiger charge is -2.38. The molecule has 1 N–H and O–H groups in total. The molecule has 1 rings (SSSR count). The summed E-state index contributed by atoms with van der Waals surface area (Å²) in [4.78, 5) is 2.68. The number of rotatable bonds is 8. The van der Waals surface area contributed by atoms with Crippen LogP contribution in [-0.4, -0.2) is 37.6 Å². The molecule has 0 saturated carbocycles. The molecule has 2 nitrogen and oxygen atoms in total. The normalized spacial score (nSPS) is 18.9. The molecule has 1 aliphatic rings. The van der Waals surface area contributed by atoms with Gasteiger partial charge in [0.15, 0.2) is 0 Å². The average Bonchev–Trinajstić information content (AvgIpc) is 2.37. The highest BCUT2D eigenvalue weighted by Gasteiger charge is 2.28. The second-order valence-electron chi connectivity index (χ2n) is 8.14. The Balaban J connectivity index is 1.97. The zero-order valence-corrected chi connectivity index (χ0v) is 14.7. The number of likely N-dealkylation sites (tertiary alicyclic amines) is 1. The van der Waals surface area contributed by atoms with E-state index in [1.807, 2.05) is 0 Å². The largest absolute Gasteiger partial charge is 0.316 e. The van der Waals surface area contributed by atoms with Crippen molar-refractivity contribution in [1.29, 1.82) is 0 Å². The molecule has 0 bridgehead atoms. The standard InChI is InChI=1S/C18H38N2/c1-16(2)15-19-11-7-6-8-12-20-13-9-17(10-14-20)18(3,4)5/h16-17,19H,6-15H2,1-5H3. The first kappa shape index (κ1) is 18.0. The lowest BCUT2D eigenvalue weighted by molar-refractivity contribution is 0.111. The van der Waals surface area contributed by atoms with Gasteiger partial charge in [0.05, 0.1) is 0 Å². The minimum absolute atomic E-state index is 0.508. The van der Waals surface area contributed by atoms with E-state index in [2.05, 4.69) is 44.8 Å². The number of piperidine rings is 1. The highest BCUT2D eigenvalue weighted by atomic mass is 15.1. The summed E-state index contributed by atoms with van der Waals surface area (Å²) >= 11 is 0. The lowest BCUT2D eigenvalue weighted by atomic mass is 9.75. The van der Waals surface area contributed by atoms with Crippen LogP contribution in [-0.2, 0) is 0 Å². The fraction of sp³-hybridized carbons (Fsp3) is 1.00. The van der Waals surface area contributed by atoms with Gasteiger partial charge >= 0.3 is 0 Å². The van der Waals surface area contributed by atoms with Crippen molar-refractivity contribution in [2.24, 2.45) is 17.3 Å². The molecule has 0 radical (unpaired) electrons. The van der Waals surface area contributed by atoms with Crippen molar-refractivity contribution >= 4 is 0 Å². The number of hydrogen-bond acceptors (Lipinski definition) is 2. The molecule has 0 aromatic rings. The Hall–Kier alpha value is -0.0800. The molecule has 2 heteroatoms. The van der Waals surface area contributed by atoms with Gasteiger partial charge in [0.25, 0.3) is 0 Å². The fourth-order valence-corrected chi connectivity index (χ4v) is 3.18. The molecule has 1 aliphatic heterocycles. The summed E-state index contributed by atoms with van der Waals surface area (Å²) in [5.74, 6) is 1.71. The number of nitrogens with zero attached hydrogens (tertiary/aromatic N) is 1. The van der Waals surface area contributed by atoms with E-state index in [4.69, 9.17) is 0 Å². The van der Waals surface area contributed by atoms with E-state index in [1.165, 1.54) is 64.8 Å². The Kier molecular flexibility index (Phi) is 8.13. The van der Waals surface area contributed by atoms with Crippen LogP contribution in [0.3, 0.4) is 0 Å². The Morgan fingerprint density at radius 3 is 2.25 bits per heavy atom. The summed E-state index contributed by atoms with van der Waals surface area (Å²) in [6.45, 7) is 18.1. The molecule has 1 saturated heterocycles. The van der Waals surface area contributed by atoms with Crippen molar-refractivity contribution in [2.75, 3.05) is 32.7 Å². The molecule has 0 aromatic heterocycles. The maximum Gasteiger partial charge on any atom is -0.00159 e. The minimum Gasteiger partial charge on any atom is -0.316 e. The van der Waals surface area contributed by atoms with E-state index in [0.29, 0.717) is 5.41 Å². The van der Waals surface area contributed by atoms with Crippen LogP contribution in [0.2, 0.25) is 0 Å². The van der Waals surface area contributed by atoms with E-state index >= 15 is 0 Å². The molecule has 0 atom stereocenters. The zero-order valence-electron chi connectivity index (χ0n) is 14.7. The highest BCUT2D eigenvalue weighted by molar-refractivity contribution is 4.80. The zero-order chi connectivity index (χ0) is 15.0. The predicted octanol–water partition coefficient (Wildman–Crippen LogP) is 4.16. The SMILES string of the molecule is CC(C)CNCCCCCN1CCC(C(C)(C)C)CC1. The fourth-order valence-electron chi connectivity index (χ4n) is 3.18. The maximum atomic E-state index is 3.53. The van der Waals surface area contributed by atoms with Crippen LogP contribution in [0.25, 0.3) is 0 Å². The van der Waals surface area contributed by atoms with Crippen LogP contribution >= 0.6 is 0 Å². The van der Waals surface area contributed by atoms with Crippen LogP contribution in [0.5, 0.6) is 0 Å². The lowest BCUT2D eigenvalue weighted by Crippen LogP contribution is -2.38. The number of unbranched alkanes of at least 4 members (excludes halogenated alkanes) is 2. The van der Waals surface area contributed by atoms with E-state index in [0.717, 1.165) is 11.8 Å². The van der Waals surface area contributed by atoms with Crippen molar-refractivity contribution in [2.45, 2.75) is 66.7 Å². The first-order valence-corrected chi connectivity index (χ1v) is 8.82. The Bertz CT molecular complexity index is 234. The van der Waals surface area contributed by atoms with Crippen molar-refractivity contribution in [3.8, 4) is 0 Å². The van der Waals surface area contributed by atoms with Gasteiger partial charge in [-0.2, -0.15) is 0 Å². The first-order chi connectivity index (χ1) is 9.39. The Morgan fingerprint density at radius 2 is 1.70 bits per heavy atom. The van der Waals surface area contributed by atoms with E-state index in [-0.39, 0.29) is 0 Å². The topological polar surface area (TPSA) is 15.3 Å². The van der Waals surface area contributed by atoms with Crippen molar-refractivity contribution in [3.63, 3.8) is 0 Å². The van der Waals surface area contributed by atoms with Crippen LogP contribution < -0.4 is 5.32 Å². The molecule has 20 heavy (non-hydrogen) atoms. The van der Waals surface area contributed by atoms with Gasteiger partial charge in [-0.25, -0.2) is 0 Å². The Labute approximate surface area is 127 Å². The quantitative estimate of drug-likeness (QED) is 0.673. The van der Waals surface area contributed by atoms with E-state index in [1.54, 1.807) is 0 Å². The van der Waals surface area contributed by atoms with Gasteiger partial charge in [-0.1, -0.05) is 41.0 Å². The van der Waals surface area contributed by atoms with Crippen molar-refractivity contribution < 1.29 is 0 Å². The van der Waals surface area contributed by atoms with Gasteiger partial charge in [0, 0.05) is 0 Å². The van der Waals surface area contributed by atoms with Crippen molar-refractivity contribution in [3.05, 3.63) is 0 Å². The summed E-state index contributed by atoms with van der Waals surface area (Å²) in [5.41, 5.74) is 0.508. The summed E-state index contributed by atoms with van der Waals surface area (Å²) in [6.07, 6.45) is 6.90. The Morgan fingerprint density at radius 1 is 1.05 bits per heavy atom. The van der Waals surface area contributed by atoms with Gasteiger partial charge in [0.2, 0.25) is 0 Å². The average molecular weight is 283 g/mol. The molecular formula is C18H38N2. The smallest absolute Gasteiger partial charge is 0.00159 e. The molecule has 0 unspecified atom stereocenters. The van der Waals surface area contributed by atoms with Crippen molar-refractivity contribution in [1.82, 2.24) is 10.2 Å². The molecule has 1 fully saturated rings. The monoisotopic (exact) mass is 282 g/mol. The maximum absolute atomic E-state index is 3.53. The summed E-state index contributed by atoms with van der Waals surface area (Å²) in [5, 5.41) is 3.53.